The number of hydrogen-bond donors (Lipinski definition) is 1. The van der Waals surface area contributed by atoms with Crippen LogP contribution in [0.3, 0.4) is 0 Å². The van der Waals surface area contributed by atoms with Crippen LogP contribution in [0.25, 0.3) is 0 Å². The Hall–Kier alpha value is -2.44. The molecule has 6 nitrogen and oxygen atoms in total. The zero-order valence-electron chi connectivity index (χ0n) is 14.9. The average molecular weight is 356 g/mol. The van der Waals surface area contributed by atoms with Gasteiger partial charge >= 0.3 is 0 Å². The van der Waals surface area contributed by atoms with Crippen LogP contribution in [0.4, 0.5) is 0 Å². The number of rotatable bonds is 5. The maximum Gasteiger partial charge on any atom is 0.228 e. The summed E-state index contributed by atoms with van der Waals surface area (Å²) in [5, 5.41) is 10.9. The number of β-amino-alcohol motifs (C(OH)–C–C–N with tert-alkyl or cyclic N) is 1. The molecule has 3 rings (SSSR count). The van der Waals surface area contributed by atoms with E-state index in [4.69, 9.17) is 9.47 Å². The van der Waals surface area contributed by atoms with Crippen LogP contribution in [0.2, 0.25) is 0 Å². The Kier molecular flexibility index (Phi) is 5.85. The minimum atomic E-state index is -1.25. The number of pyridine rings is 1. The zero-order chi connectivity index (χ0) is 18.4. The van der Waals surface area contributed by atoms with Crippen LogP contribution in [0.5, 0.6) is 5.75 Å². The molecule has 1 fully saturated rings. The molecule has 1 N–H and O–H groups in total. The molecule has 0 unspecified atom stereocenters. The van der Waals surface area contributed by atoms with Crippen LogP contribution in [-0.2, 0) is 16.0 Å². The van der Waals surface area contributed by atoms with E-state index in [9.17, 15) is 9.90 Å². The Morgan fingerprint density at radius 3 is 2.85 bits per heavy atom. The topological polar surface area (TPSA) is 71.9 Å². The fourth-order valence-corrected chi connectivity index (χ4v) is 2.82. The van der Waals surface area contributed by atoms with E-state index in [1.54, 1.807) is 11.1 Å². The third-order valence-electron chi connectivity index (χ3n) is 4.27. The van der Waals surface area contributed by atoms with Gasteiger partial charge in [-0.1, -0.05) is 24.3 Å². The van der Waals surface area contributed by atoms with Crippen molar-refractivity contribution in [3.63, 3.8) is 0 Å². The van der Waals surface area contributed by atoms with E-state index in [2.05, 4.69) is 4.98 Å². The van der Waals surface area contributed by atoms with Crippen molar-refractivity contribution in [2.45, 2.75) is 18.9 Å². The molecule has 0 saturated carbocycles. The molecule has 2 heterocycles. The molecule has 0 radical (unpaired) electrons. The second-order valence-electron chi connectivity index (χ2n) is 6.70. The summed E-state index contributed by atoms with van der Waals surface area (Å²) in [5.41, 5.74) is 0.523. The summed E-state index contributed by atoms with van der Waals surface area (Å²) in [5.74, 6) is 0.594. The van der Waals surface area contributed by atoms with E-state index >= 15 is 0 Å². The van der Waals surface area contributed by atoms with Gasteiger partial charge in [0, 0.05) is 18.4 Å². The number of nitrogens with zero attached hydrogens (tertiary/aromatic N) is 2. The minimum Gasteiger partial charge on any atom is -0.490 e. The van der Waals surface area contributed by atoms with E-state index < -0.39 is 5.60 Å². The lowest BCUT2D eigenvalue weighted by Crippen LogP contribution is -2.50. The summed E-state index contributed by atoms with van der Waals surface area (Å²) >= 11 is 0. The van der Waals surface area contributed by atoms with Gasteiger partial charge in [0.1, 0.15) is 18.0 Å². The second kappa shape index (κ2) is 8.29. The van der Waals surface area contributed by atoms with E-state index in [0.717, 1.165) is 11.3 Å². The maximum absolute atomic E-state index is 12.6. The first-order valence-electron chi connectivity index (χ1n) is 8.71. The number of ether oxygens (including phenoxy) is 2. The second-order valence-corrected chi connectivity index (χ2v) is 6.70. The number of benzene rings is 1. The quantitative estimate of drug-likeness (QED) is 0.881. The molecule has 1 atom stereocenters. The molecular formula is C20H24N2O4. The number of para-hydroxylation sites is 1. The van der Waals surface area contributed by atoms with Crippen LogP contribution in [0.1, 0.15) is 11.3 Å². The van der Waals surface area contributed by atoms with Crippen LogP contribution >= 0.6 is 0 Å². The highest BCUT2D eigenvalue weighted by atomic mass is 16.5. The minimum absolute atomic E-state index is 0.0591. The fraction of sp³-hybridized carbons (Fsp3) is 0.400. The number of aryl methyl sites for hydroxylation is 1. The summed E-state index contributed by atoms with van der Waals surface area (Å²) in [4.78, 5) is 18.6. The van der Waals surface area contributed by atoms with Gasteiger partial charge in [-0.2, -0.15) is 0 Å². The molecule has 1 amide bonds. The molecule has 1 saturated heterocycles. The van der Waals surface area contributed by atoms with Gasteiger partial charge in [-0.15, -0.1) is 0 Å². The Morgan fingerprint density at radius 2 is 2.12 bits per heavy atom. The molecule has 1 aliphatic heterocycles. The van der Waals surface area contributed by atoms with Crippen molar-refractivity contribution in [1.82, 2.24) is 9.88 Å². The van der Waals surface area contributed by atoms with E-state index in [0.29, 0.717) is 18.9 Å². The number of aliphatic hydroxyl groups is 1. The molecule has 26 heavy (non-hydrogen) atoms. The molecule has 0 bridgehead atoms. The maximum atomic E-state index is 12.6. The number of carbonyl (C=O) groups excluding carboxylic acids is 1. The van der Waals surface area contributed by atoms with Crippen molar-refractivity contribution in [2.24, 2.45) is 0 Å². The summed E-state index contributed by atoms with van der Waals surface area (Å²) in [7, 11) is 0. The van der Waals surface area contributed by atoms with Gasteiger partial charge in [0.15, 0.2) is 0 Å². The summed E-state index contributed by atoms with van der Waals surface area (Å²) in [6.07, 6.45) is 1.95. The lowest BCUT2D eigenvalue weighted by molar-refractivity contribution is -0.134. The predicted octanol–water partition coefficient (Wildman–Crippen LogP) is 1.60. The average Bonchev–Trinajstić information content (AvgIpc) is 2.85. The molecule has 138 valence electrons. The summed E-state index contributed by atoms with van der Waals surface area (Å²) in [6.45, 7) is 3.15. The molecule has 1 aromatic carbocycles. The van der Waals surface area contributed by atoms with Crippen molar-refractivity contribution in [3.8, 4) is 5.75 Å². The van der Waals surface area contributed by atoms with E-state index in [1.165, 1.54) is 0 Å². The highest BCUT2D eigenvalue weighted by molar-refractivity contribution is 5.78. The highest BCUT2D eigenvalue weighted by Gasteiger charge is 2.35. The zero-order valence-corrected chi connectivity index (χ0v) is 14.9. The number of carbonyl (C=O) groups is 1. The van der Waals surface area contributed by atoms with Gasteiger partial charge in [0.25, 0.3) is 0 Å². The first-order valence-corrected chi connectivity index (χ1v) is 8.71. The largest absolute Gasteiger partial charge is 0.490 e. The standard InChI is InChI=1S/C20H24N2O4/c1-16-7-8-17(21-12-16)11-19(23)22-9-10-25-14-20(24,13-22)15-26-18-5-3-2-4-6-18/h2-8,12,24H,9-11,13-15H2,1H3/t20-/m0/s1. The Balaban J connectivity index is 1.62. The summed E-state index contributed by atoms with van der Waals surface area (Å²) < 4.78 is 11.2. The lowest BCUT2D eigenvalue weighted by atomic mass is 10.1. The first kappa shape index (κ1) is 18.4. The first-order chi connectivity index (χ1) is 12.5. The highest BCUT2D eigenvalue weighted by Crippen LogP contribution is 2.17. The van der Waals surface area contributed by atoms with Gasteiger partial charge in [-0.25, -0.2) is 0 Å². The molecule has 0 aliphatic carbocycles. The van der Waals surface area contributed by atoms with Crippen molar-refractivity contribution in [3.05, 3.63) is 59.9 Å². The predicted molar refractivity (Wildman–Crippen MR) is 97.0 cm³/mol. The molecule has 1 aromatic heterocycles. The van der Waals surface area contributed by atoms with Crippen molar-refractivity contribution < 1.29 is 19.4 Å². The molecule has 2 aromatic rings. The third-order valence-corrected chi connectivity index (χ3v) is 4.27. The van der Waals surface area contributed by atoms with Gasteiger partial charge in [0.2, 0.25) is 5.91 Å². The number of hydrogen-bond acceptors (Lipinski definition) is 5. The smallest absolute Gasteiger partial charge is 0.228 e. The van der Waals surface area contributed by atoms with Crippen LogP contribution in [0.15, 0.2) is 48.7 Å². The molecular weight excluding hydrogens is 332 g/mol. The lowest BCUT2D eigenvalue weighted by Gasteiger charge is -2.30. The molecule has 1 aliphatic rings. The Morgan fingerprint density at radius 1 is 1.31 bits per heavy atom. The van der Waals surface area contributed by atoms with Crippen molar-refractivity contribution in [1.29, 1.82) is 0 Å². The Labute approximate surface area is 153 Å². The molecule has 6 heteroatoms. The van der Waals surface area contributed by atoms with Crippen LogP contribution in [-0.4, -0.2) is 59.4 Å². The molecule has 0 spiro atoms. The van der Waals surface area contributed by atoms with Gasteiger partial charge in [-0.05, 0) is 30.7 Å². The van der Waals surface area contributed by atoms with E-state index in [1.807, 2.05) is 49.4 Å². The van der Waals surface area contributed by atoms with Crippen LogP contribution in [0, 0.1) is 6.92 Å². The van der Waals surface area contributed by atoms with Crippen molar-refractivity contribution in [2.75, 3.05) is 32.9 Å². The number of amides is 1. The van der Waals surface area contributed by atoms with Crippen molar-refractivity contribution >= 4 is 5.91 Å². The van der Waals surface area contributed by atoms with Gasteiger partial charge < -0.3 is 19.5 Å². The van der Waals surface area contributed by atoms with Crippen LogP contribution < -0.4 is 4.74 Å². The SMILES string of the molecule is Cc1ccc(CC(=O)N2CCOC[C@](O)(COc3ccccc3)C2)nc1. The Bertz CT molecular complexity index is 720. The monoisotopic (exact) mass is 356 g/mol. The number of aromatic nitrogens is 1. The van der Waals surface area contributed by atoms with Gasteiger partial charge in [0.05, 0.1) is 26.2 Å². The van der Waals surface area contributed by atoms with Gasteiger partial charge in [-0.3, -0.25) is 9.78 Å². The third kappa shape index (κ3) is 5.03. The summed E-state index contributed by atoms with van der Waals surface area (Å²) in [6, 6.07) is 13.1. The normalized spacial score (nSPS) is 20.5. The fourth-order valence-electron chi connectivity index (χ4n) is 2.82. The van der Waals surface area contributed by atoms with E-state index in [-0.39, 0.29) is 32.1 Å².